The highest BCUT2D eigenvalue weighted by Crippen LogP contribution is 2.31. The number of hydrogen-bond acceptors (Lipinski definition) is 5. The summed E-state index contributed by atoms with van der Waals surface area (Å²) in [6.45, 7) is 10.4. The third kappa shape index (κ3) is 3.60. The lowest BCUT2D eigenvalue weighted by atomic mass is 10.0. The first-order valence-electron chi connectivity index (χ1n) is 12.1. The Labute approximate surface area is 200 Å². The van der Waals surface area contributed by atoms with E-state index < -0.39 is 0 Å². The average molecular weight is 455 g/mol. The molecule has 2 saturated heterocycles. The van der Waals surface area contributed by atoms with Gasteiger partial charge in [0.2, 0.25) is 0 Å². The molecule has 0 unspecified atom stereocenters. The highest BCUT2D eigenvalue weighted by molar-refractivity contribution is 5.99. The van der Waals surface area contributed by atoms with Crippen LogP contribution in [0, 0.1) is 13.8 Å². The molecule has 0 aromatic carbocycles. The lowest BCUT2D eigenvalue weighted by Crippen LogP contribution is -2.49. The maximum atomic E-state index is 13.5. The fraction of sp³-hybridized carbons (Fsp3) is 0.370. The van der Waals surface area contributed by atoms with E-state index >= 15 is 0 Å². The number of piperazine rings is 1. The lowest BCUT2D eigenvalue weighted by Gasteiger charge is -2.41. The Balaban J connectivity index is 1.33. The van der Waals surface area contributed by atoms with E-state index in [-0.39, 0.29) is 5.91 Å². The third-order valence-corrected chi connectivity index (χ3v) is 7.34. The van der Waals surface area contributed by atoms with Gasteiger partial charge in [-0.25, -0.2) is 4.52 Å². The van der Waals surface area contributed by atoms with Gasteiger partial charge >= 0.3 is 0 Å². The molecule has 34 heavy (non-hydrogen) atoms. The van der Waals surface area contributed by atoms with Gasteiger partial charge < -0.3 is 4.90 Å². The van der Waals surface area contributed by atoms with Crippen LogP contribution in [0.15, 0.2) is 65.8 Å². The van der Waals surface area contributed by atoms with Crippen LogP contribution >= 0.6 is 0 Å². The molecule has 0 saturated carbocycles. The van der Waals surface area contributed by atoms with Gasteiger partial charge in [0, 0.05) is 43.5 Å². The molecule has 174 valence electrons. The number of rotatable bonds is 2. The van der Waals surface area contributed by atoms with Gasteiger partial charge in [0.05, 0.1) is 40.2 Å². The molecule has 7 nitrogen and oxygen atoms in total. The van der Waals surface area contributed by atoms with Crippen molar-refractivity contribution < 1.29 is 4.79 Å². The second-order valence-electron chi connectivity index (χ2n) is 9.71. The highest BCUT2D eigenvalue weighted by atomic mass is 16.2. The fourth-order valence-electron chi connectivity index (χ4n) is 5.60. The molecular formula is C27H30N6O. The number of carbonyl (C=O) groups excluding carboxylic acids is 1. The van der Waals surface area contributed by atoms with E-state index in [1.165, 1.54) is 19.4 Å². The summed E-state index contributed by atoms with van der Waals surface area (Å²) in [5, 5.41) is 4.73. The zero-order valence-corrected chi connectivity index (χ0v) is 20.0. The molecule has 0 radical (unpaired) electrons. The van der Waals surface area contributed by atoms with Crippen molar-refractivity contribution in [1.29, 1.82) is 0 Å². The number of amides is 1. The second-order valence-corrected chi connectivity index (χ2v) is 9.71. The van der Waals surface area contributed by atoms with Crippen molar-refractivity contribution in [3.63, 3.8) is 0 Å². The predicted octanol–water partition coefficient (Wildman–Crippen LogP) is 3.59. The number of aromatic nitrogens is 3. The average Bonchev–Trinajstić information content (AvgIpc) is 3.44. The molecule has 1 amide bonds. The topological polar surface area (TPSA) is 57.0 Å². The van der Waals surface area contributed by atoms with E-state index in [1.54, 1.807) is 11.0 Å². The minimum Gasteiger partial charge on any atom is -0.367 e. The Morgan fingerprint density at radius 3 is 2.85 bits per heavy atom. The normalized spacial score (nSPS) is 25.6. The number of fused-ring (bicyclic) bond motifs is 3. The van der Waals surface area contributed by atoms with E-state index in [9.17, 15) is 4.79 Å². The predicted molar refractivity (Wildman–Crippen MR) is 133 cm³/mol. The van der Waals surface area contributed by atoms with E-state index in [4.69, 9.17) is 5.10 Å². The lowest BCUT2D eigenvalue weighted by molar-refractivity contribution is -0.122. The quantitative estimate of drug-likeness (QED) is 0.694. The molecule has 0 N–H and O–H groups in total. The summed E-state index contributed by atoms with van der Waals surface area (Å²) in [7, 11) is 0. The Morgan fingerprint density at radius 1 is 1.09 bits per heavy atom. The monoisotopic (exact) mass is 454 g/mol. The molecule has 1 atom stereocenters. The molecule has 4 aliphatic rings. The number of aryl methyl sites for hydroxylation is 2. The Morgan fingerprint density at radius 2 is 1.97 bits per heavy atom. The Kier molecular flexibility index (Phi) is 5.03. The first-order chi connectivity index (χ1) is 16.5. The molecule has 0 aliphatic carbocycles. The van der Waals surface area contributed by atoms with Crippen LogP contribution in [0.1, 0.15) is 36.8 Å². The molecule has 7 heteroatoms. The maximum absolute atomic E-state index is 13.5. The van der Waals surface area contributed by atoms with Crippen LogP contribution in [-0.4, -0.2) is 67.4 Å². The van der Waals surface area contributed by atoms with Gasteiger partial charge in [-0.3, -0.25) is 19.6 Å². The van der Waals surface area contributed by atoms with Gasteiger partial charge in [0.15, 0.2) is 0 Å². The van der Waals surface area contributed by atoms with Crippen LogP contribution in [-0.2, 0) is 4.79 Å². The summed E-state index contributed by atoms with van der Waals surface area (Å²) in [6, 6.07) is 2.63. The van der Waals surface area contributed by atoms with Gasteiger partial charge in [-0.1, -0.05) is 12.2 Å². The van der Waals surface area contributed by atoms with Crippen LogP contribution in [0.5, 0.6) is 0 Å². The van der Waals surface area contributed by atoms with Crippen LogP contribution in [0.2, 0.25) is 0 Å². The summed E-state index contributed by atoms with van der Waals surface area (Å²) < 4.78 is 1.85. The molecule has 2 aromatic rings. The molecule has 0 spiro atoms. The fourth-order valence-corrected chi connectivity index (χ4v) is 5.60. The third-order valence-electron chi connectivity index (χ3n) is 7.34. The highest BCUT2D eigenvalue weighted by Gasteiger charge is 2.32. The number of carbonyl (C=O) groups is 1. The van der Waals surface area contributed by atoms with Gasteiger partial charge in [0.1, 0.15) is 0 Å². The standard InChI is InChI=1S/C27H30N6O/c1-18-12-23(31-11-10-30-9-5-7-22(30)16-31)17-32-25(18)8-4-6-21(13-27(32)34)24-14-26-20(3)28-19(2)15-33(26)29-24/h4,6,8,12-15,17,22H,5,7,9-11,16H2,1-3H3/b6-4+,21-13+,25-8?/t22-/m1/s1. The zero-order valence-electron chi connectivity index (χ0n) is 20.0. The largest absolute Gasteiger partial charge is 0.367 e. The van der Waals surface area contributed by atoms with E-state index in [2.05, 4.69) is 27.8 Å². The van der Waals surface area contributed by atoms with Gasteiger partial charge in [-0.15, -0.1) is 0 Å². The van der Waals surface area contributed by atoms with E-state index in [1.807, 2.05) is 55.1 Å². The molecule has 0 bridgehead atoms. The minimum absolute atomic E-state index is 0.0573. The van der Waals surface area contributed by atoms with Crippen LogP contribution in [0.3, 0.4) is 0 Å². The molecular weight excluding hydrogens is 424 g/mol. The van der Waals surface area contributed by atoms with E-state index in [0.717, 1.165) is 64.8 Å². The molecule has 4 aliphatic heterocycles. The van der Waals surface area contributed by atoms with Crippen molar-refractivity contribution in [2.24, 2.45) is 0 Å². The zero-order chi connectivity index (χ0) is 23.4. The smallest absolute Gasteiger partial charge is 0.255 e. The number of hydrogen-bond donors (Lipinski definition) is 0. The van der Waals surface area contributed by atoms with Crippen molar-refractivity contribution >= 4 is 17.0 Å². The SMILES string of the molecule is CC1=CC(N2CCN3CCC[C@@H]3C2)=CN2C(=O)/C=C(c3cc4c(C)nc(C)cn4n3)\C=C\C=C12. The summed E-state index contributed by atoms with van der Waals surface area (Å²) in [4.78, 5) is 24.9. The molecule has 6 heterocycles. The molecule has 6 rings (SSSR count). The summed E-state index contributed by atoms with van der Waals surface area (Å²) in [5.74, 6) is -0.0573. The Bertz CT molecular complexity index is 1340. The van der Waals surface area contributed by atoms with Crippen LogP contribution < -0.4 is 0 Å². The summed E-state index contributed by atoms with van der Waals surface area (Å²) in [5.41, 5.74) is 7.50. The number of allylic oxidation sites excluding steroid dienone is 6. The van der Waals surface area contributed by atoms with E-state index in [0.29, 0.717) is 6.04 Å². The van der Waals surface area contributed by atoms with Crippen LogP contribution in [0.25, 0.3) is 11.1 Å². The van der Waals surface area contributed by atoms with Gasteiger partial charge in [0.25, 0.3) is 5.91 Å². The van der Waals surface area contributed by atoms with Crippen molar-refractivity contribution in [2.45, 2.75) is 39.7 Å². The van der Waals surface area contributed by atoms with Crippen molar-refractivity contribution in [1.82, 2.24) is 29.3 Å². The molecule has 2 aromatic heterocycles. The summed E-state index contributed by atoms with van der Waals surface area (Å²) >= 11 is 0. The van der Waals surface area contributed by atoms with Crippen molar-refractivity contribution in [2.75, 3.05) is 26.2 Å². The first kappa shape index (κ1) is 21.1. The Hall–Kier alpha value is -3.45. The maximum Gasteiger partial charge on any atom is 0.255 e. The van der Waals surface area contributed by atoms with Crippen molar-refractivity contribution in [3.8, 4) is 0 Å². The minimum atomic E-state index is -0.0573. The first-order valence-corrected chi connectivity index (χ1v) is 12.1. The van der Waals surface area contributed by atoms with Crippen molar-refractivity contribution in [3.05, 3.63) is 82.9 Å². The number of nitrogens with zero attached hydrogens (tertiary/aromatic N) is 6. The van der Waals surface area contributed by atoms with Gasteiger partial charge in [-0.2, -0.15) is 5.10 Å². The van der Waals surface area contributed by atoms with Crippen LogP contribution in [0.4, 0.5) is 0 Å². The second kappa shape index (κ2) is 8.09. The van der Waals surface area contributed by atoms with Gasteiger partial charge in [-0.05, 0) is 63.9 Å². The molecule has 2 fully saturated rings. The summed E-state index contributed by atoms with van der Waals surface area (Å²) in [6.07, 6.45) is 16.4.